The zero-order valence-electron chi connectivity index (χ0n) is 8.18. The Morgan fingerprint density at radius 1 is 1.08 bits per heavy atom. The molecule has 0 amide bonds. The van der Waals surface area contributed by atoms with Crippen molar-refractivity contribution in [2.24, 2.45) is 23.2 Å². The molecule has 0 nitrogen and oxygen atoms in total. The first-order valence-electron chi connectivity index (χ1n) is 5.80. The van der Waals surface area contributed by atoms with Gasteiger partial charge in [-0.1, -0.05) is 32.6 Å². The van der Waals surface area contributed by atoms with Crippen molar-refractivity contribution in [3.63, 3.8) is 0 Å². The minimum atomic E-state index is 0.823. The van der Waals surface area contributed by atoms with Crippen molar-refractivity contribution in [3.8, 4) is 0 Å². The second-order valence-corrected chi connectivity index (χ2v) is 5.71. The summed E-state index contributed by atoms with van der Waals surface area (Å²) in [5, 5.41) is 0. The van der Waals surface area contributed by atoms with E-state index in [1.807, 2.05) is 0 Å². The standard InChI is InChI=1S/C12H20/c1-12-7-3-5-9-4-2-6-10(9)11(12)8-12/h9-11H,2-8H2,1H3. The van der Waals surface area contributed by atoms with E-state index in [2.05, 4.69) is 6.92 Å². The molecule has 3 fully saturated rings. The van der Waals surface area contributed by atoms with E-state index >= 15 is 0 Å². The van der Waals surface area contributed by atoms with Crippen LogP contribution in [0.5, 0.6) is 0 Å². The van der Waals surface area contributed by atoms with Crippen molar-refractivity contribution in [1.29, 1.82) is 0 Å². The molecule has 68 valence electrons. The molecule has 12 heavy (non-hydrogen) atoms. The number of hydrogen-bond acceptors (Lipinski definition) is 0. The van der Waals surface area contributed by atoms with Gasteiger partial charge in [-0.05, 0) is 42.4 Å². The summed E-state index contributed by atoms with van der Waals surface area (Å²) in [6, 6.07) is 0. The molecule has 0 saturated heterocycles. The average molecular weight is 164 g/mol. The zero-order valence-corrected chi connectivity index (χ0v) is 8.18. The van der Waals surface area contributed by atoms with Crippen LogP contribution in [-0.4, -0.2) is 0 Å². The van der Waals surface area contributed by atoms with Crippen molar-refractivity contribution in [2.45, 2.75) is 51.9 Å². The molecule has 0 heteroatoms. The Morgan fingerprint density at radius 2 is 1.92 bits per heavy atom. The highest BCUT2D eigenvalue weighted by molar-refractivity contribution is 5.06. The van der Waals surface area contributed by atoms with Gasteiger partial charge in [0, 0.05) is 0 Å². The lowest BCUT2D eigenvalue weighted by atomic mass is 9.88. The molecular formula is C12H20. The molecule has 0 aliphatic heterocycles. The van der Waals surface area contributed by atoms with Crippen LogP contribution in [-0.2, 0) is 0 Å². The first-order valence-corrected chi connectivity index (χ1v) is 5.80. The van der Waals surface area contributed by atoms with Crippen LogP contribution in [0.1, 0.15) is 51.9 Å². The van der Waals surface area contributed by atoms with Crippen LogP contribution in [0.15, 0.2) is 0 Å². The zero-order chi connectivity index (χ0) is 8.18. The normalized spacial score (nSPS) is 57.2. The van der Waals surface area contributed by atoms with Gasteiger partial charge in [0.25, 0.3) is 0 Å². The van der Waals surface area contributed by atoms with Crippen LogP contribution in [0, 0.1) is 23.2 Å². The predicted molar refractivity (Wildman–Crippen MR) is 50.9 cm³/mol. The van der Waals surface area contributed by atoms with E-state index in [-0.39, 0.29) is 0 Å². The van der Waals surface area contributed by atoms with Gasteiger partial charge in [0.1, 0.15) is 0 Å². The molecule has 4 atom stereocenters. The molecule has 0 aromatic carbocycles. The molecule has 0 aromatic heterocycles. The van der Waals surface area contributed by atoms with E-state index in [9.17, 15) is 0 Å². The summed E-state index contributed by atoms with van der Waals surface area (Å²) in [5.74, 6) is 3.48. The van der Waals surface area contributed by atoms with Gasteiger partial charge in [-0.2, -0.15) is 0 Å². The summed E-state index contributed by atoms with van der Waals surface area (Å²) in [4.78, 5) is 0. The van der Waals surface area contributed by atoms with Crippen molar-refractivity contribution >= 4 is 0 Å². The van der Waals surface area contributed by atoms with Crippen molar-refractivity contribution < 1.29 is 0 Å². The lowest BCUT2D eigenvalue weighted by Gasteiger charge is -2.17. The van der Waals surface area contributed by atoms with Crippen molar-refractivity contribution in [2.75, 3.05) is 0 Å². The smallest absolute Gasteiger partial charge is 0.0292 e. The van der Waals surface area contributed by atoms with Gasteiger partial charge in [-0.25, -0.2) is 0 Å². The van der Waals surface area contributed by atoms with Gasteiger partial charge in [-0.15, -0.1) is 0 Å². The molecule has 0 bridgehead atoms. The van der Waals surface area contributed by atoms with Gasteiger partial charge in [-0.3, -0.25) is 0 Å². The fourth-order valence-electron chi connectivity index (χ4n) is 4.12. The van der Waals surface area contributed by atoms with Gasteiger partial charge >= 0.3 is 0 Å². The van der Waals surface area contributed by atoms with E-state index in [4.69, 9.17) is 0 Å². The van der Waals surface area contributed by atoms with E-state index in [1.54, 1.807) is 38.5 Å². The molecule has 0 aromatic rings. The second kappa shape index (κ2) is 2.27. The van der Waals surface area contributed by atoms with Crippen molar-refractivity contribution in [3.05, 3.63) is 0 Å². The fraction of sp³-hybridized carbons (Fsp3) is 1.00. The number of hydrogen-bond donors (Lipinski definition) is 0. The summed E-state index contributed by atoms with van der Waals surface area (Å²) < 4.78 is 0. The summed E-state index contributed by atoms with van der Waals surface area (Å²) in [6.07, 6.45) is 10.9. The third-order valence-electron chi connectivity index (χ3n) is 4.98. The van der Waals surface area contributed by atoms with Gasteiger partial charge in [0.15, 0.2) is 0 Å². The van der Waals surface area contributed by atoms with Crippen LogP contribution in [0.4, 0.5) is 0 Å². The van der Waals surface area contributed by atoms with Crippen LogP contribution >= 0.6 is 0 Å². The SMILES string of the molecule is CC12CCCC3CCCC3C1C2. The molecule has 3 saturated carbocycles. The van der Waals surface area contributed by atoms with E-state index in [0.29, 0.717) is 0 Å². The Kier molecular flexibility index (Phi) is 1.40. The summed E-state index contributed by atoms with van der Waals surface area (Å²) >= 11 is 0. The molecule has 0 heterocycles. The minimum Gasteiger partial charge on any atom is -0.0594 e. The summed E-state index contributed by atoms with van der Waals surface area (Å²) in [7, 11) is 0. The minimum absolute atomic E-state index is 0.823. The Bertz CT molecular complexity index is 196. The number of fused-ring (bicyclic) bond motifs is 3. The highest BCUT2D eigenvalue weighted by Gasteiger charge is 2.56. The quantitative estimate of drug-likeness (QED) is 0.513. The van der Waals surface area contributed by atoms with E-state index in [0.717, 1.165) is 23.2 Å². The van der Waals surface area contributed by atoms with Crippen LogP contribution in [0.3, 0.4) is 0 Å². The van der Waals surface area contributed by atoms with Crippen LogP contribution in [0.25, 0.3) is 0 Å². The predicted octanol–water partition coefficient (Wildman–Crippen LogP) is 3.61. The Morgan fingerprint density at radius 3 is 2.83 bits per heavy atom. The first-order chi connectivity index (χ1) is 5.80. The number of rotatable bonds is 0. The maximum absolute atomic E-state index is 2.54. The highest BCUT2D eigenvalue weighted by Crippen LogP contribution is 2.65. The Labute approximate surface area is 75.7 Å². The summed E-state index contributed by atoms with van der Waals surface area (Å²) in [5.41, 5.74) is 0.823. The topological polar surface area (TPSA) is 0 Å². The molecule has 3 aliphatic carbocycles. The van der Waals surface area contributed by atoms with Gasteiger partial charge in [0.05, 0.1) is 0 Å². The highest BCUT2D eigenvalue weighted by atomic mass is 14.6. The molecule has 3 rings (SSSR count). The molecule has 0 N–H and O–H groups in total. The van der Waals surface area contributed by atoms with E-state index < -0.39 is 0 Å². The molecular weight excluding hydrogens is 144 g/mol. The second-order valence-electron chi connectivity index (χ2n) is 5.71. The lowest BCUT2D eigenvalue weighted by Crippen LogP contribution is -2.10. The third kappa shape index (κ3) is 0.900. The van der Waals surface area contributed by atoms with Gasteiger partial charge < -0.3 is 0 Å². The van der Waals surface area contributed by atoms with E-state index in [1.165, 1.54) is 6.42 Å². The van der Waals surface area contributed by atoms with Crippen LogP contribution < -0.4 is 0 Å². The third-order valence-corrected chi connectivity index (χ3v) is 4.98. The molecule has 0 spiro atoms. The molecule has 0 radical (unpaired) electrons. The summed E-state index contributed by atoms with van der Waals surface area (Å²) in [6.45, 7) is 2.54. The molecule has 3 aliphatic rings. The Hall–Kier alpha value is 0. The first kappa shape index (κ1) is 7.41. The maximum Gasteiger partial charge on any atom is -0.0292 e. The Balaban J connectivity index is 1.83. The maximum atomic E-state index is 2.54. The average Bonchev–Trinajstić information content (AvgIpc) is 2.54. The largest absolute Gasteiger partial charge is 0.0594 e. The monoisotopic (exact) mass is 164 g/mol. The fourth-order valence-corrected chi connectivity index (χ4v) is 4.12. The van der Waals surface area contributed by atoms with Crippen LogP contribution in [0.2, 0.25) is 0 Å². The van der Waals surface area contributed by atoms with Crippen molar-refractivity contribution in [1.82, 2.24) is 0 Å². The molecule has 4 unspecified atom stereocenters. The lowest BCUT2D eigenvalue weighted by molar-refractivity contribution is 0.322. The van der Waals surface area contributed by atoms with Gasteiger partial charge in [0.2, 0.25) is 0 Å².